The van der Waals surface area contributed by atoms with E-state index in [2.05, 4.69) is 6.58 Å². The highest BCUT2D eigenvalue weighted by Crippen LogP contribution is 2.34. The van der Waals surface area contributed by atoms with Crippen molar-refractivity contribution in [2.45, 2.75) is 58.1 Å². The van der Waals surface area contributed by atoms with E-state index in [1.807, 2.05) is 37.3 Å². The monoisotopic (exact) mass is 331 g/mol. The third-order valence-corrected chi connectivity index (χ3v) is 4.10. The Morgan fingerprint density at radius 1 is 1.33 bits per heavy atom. The van der Waals surface area contributed by atoms with E-state index in [-0.39, 0.29) is 18.5 Å². The maximum absolute atomic E-state index is 12.6. The Hall–Kier alpha value is -2.14. The lowest BCUT2D eigenvalue weighted by atomic mass is 10.0. The van der Waals surface area contributed by atoms with Crippen LogP contribution in [0.3, 0.4) is 0 Å². The van der Waals surface area contributed by atoms with Crippen LogP contribution >= 0.6 is 0 Å². The molecule has 0 spiro atoms. The number of carbonyl (C=O) groups is 2. The van der Waals surface area contributed by atoms with Gasteiger partial charge in [-0.15, -0.1) is 6.58 Å². The van der Waals surface area contributed by atoms with Crippen molar-refractivity contribution in [2.75, 3.05) is 0 Å². The van der Waals surface area contributed by atoms with Crippen LogP contribution in [0.4, 0.5) is 4.79 Å². The number of amides is 1. The number of nitrogens with zero attached hydrogens (tertiary/aromatic N) is 1. The zero-order chi connectivity index (χ0) is 17.7. The molecule has 1 aromatic carbocycles. The molecule has 5 heteroatoms. The minimum atomic E-state index is -0.887. The van der Waals surface area contributed by atoms with Gasteiger partial charge in [0.2, 0.25) is 0 Å². The third-order valence-electron chi connectivity index (χ3n) is 4.10. The van der Waals surface area contributed by atoms with Crippen LogP contribution < -0.4 is 0 Å². The van der Waals surface area contributed by atoms with Gasteiger partial charge in [0.05, 0.1) is 6.10 Å². The summed E-state index contributed by atoms with van der Waals surface area (Å²) < 4.78 is 11.2. The number of allylic oxidation sites excluding steroid dienone is 1. The van der Waals surface area contributed by atoms with Gasteiger partial charge in [-0.25, -0.2) is 4.79 Å². The van der Waals surface area contributed by atoms with Crippen LogP contribution in [0.5, 0.6) is 0 Å². The summed E-state index contributed by atoms with van der Waals surface area (Å²) in [6.07, 6.45) is 1.70. The molecule has 0 radical (unpaired) electrons. The van der Waals surface area contributed by atoms with E-state index in [0.717, 1.165) is 5.56 Å². The molecule has 1 amide bonds. The molecule has 5 nitrogen and oxygen atoms in total. The SMILES string of the molecule is C=CCCC(=O)[C@@H]1[C@@H](C)OC(C)(C)N1C(=O)OCc1ccccc1. The minimum Gasteiger partial charge on any atom is -0.444 e. The van der Waals surface area contributed by atoms with Crippen molar-refractivity contribution in [2.24, 2.45) is 0 Å². The molecule has 0 unspecified atom stereocenters. The summed E-state index contributed by atoms with van der Waals surface area (Å²) in [5, 5.41) is 0. The lowest BCUT2D eigenvalue weighted by Crippen LogP contribution is -2.51. The lowest BCUT2D eigenvalue weighted by molar-refractivity contribution is -0.124. The average molecular weight is 331 g/mol. The fraction of sp³-hybridized carbons (Fsp3) is 0.474. The highest BCUT2D eigenvalue weighted by molar-refractivity contribution is 5.89. The summed E-state index contributed by atoms with van der Waals surface area (Å²) in [5.41, 5.74) is 0.00756. The number of carbonyl (C=O) groups excluding carboxylic acids is 2. The third kappa shape index (κ3) is 4.03. The highest BCUT2D eigenvalue weighted by atomic mass is 16.6. The Morgan fingerprint density at radius 3 is 2.62 bits per heavy atom. The van der Waals surface area contributed by atoms with Gasteiger partial charge in [0, 0.05) is 6.42 Å². The molecule has 1 saturated heterocycles. The molecule has 0 bridgehead atoms. The van der Waals surface area contributed by atoms with Gasteiger partial charge >= 0.3 is 6.09 Å². The maximum atomic E-state index is 12.6. The molecule has 2 atom stereocenters. The molecule has 0 N–H and O–H groups in total. The predicted octanol–water partition coefficient (Wildman–Crippen LogP) is 3.68. The van der Waals surface area contributed by atoms with E-state index in [9.17, 15) is 9.59 Å². The van der Waals surface area contributed by atoms with Gasteiger partial charge in [-0.2, -0.15) is 0 Å². The lowest BCUT2D eigenvalue weighted by Gasteiger charge is -2.32. The predicted molar refractivity (Wildman–Crippen MR) is 91.3 cm³/mol. The van der Waals surface area contributed by atoms with E-state index in [4.69, 9.17) is 9.47 Å². The minimum absolute atomic E-state index is 0.0374. The van der Waals surface area contributed by atoms with Crippen LogP contribution in [-0.4, -0.2) is 34.6 Å². The van der Waals surface area contributed by atoms with Crippen molar-refractivity contribution < 1.29 is 19.1 Å². The van der Waals surface area contributed by atoms with Crippen molar-refractivity contribution in [3.63, 3.8) is 0 Å². The van der Waals surface area contributed by atoms with E-state index in [1.165, 1.54) is 4.90 Å². The van der Waals surface area contributed by atoms with E-state index < -0.39 is 17.9 Å². The van der Waals surface area contributed by atoms with Crippen LogP contribution in [0.1, 0.15) is 39.2 Å². The number of ether oxygens (including phenoxy) is 2. The molecule has 1 aliphatic rings. The van der Waals surface area contributed by atoms with Crippen LogP contribution in [0.15, 0.2) is 43.0 Å². The molecule has 1 aromatic rings. The first kappa shape index (κ1) is 18.2. The summed E-state index contributed by atoms with van der Waals surface area (Å²) in [6, 6.07) is 8.80. The Bertz CT molecular complexity index is 597. The Morgan fingerprint density at radius 2 is 2.00 bits per heavy atom. The van der Waals surface area contributed by atoms with E-state index in [1.54, 1.807) is 19.9 Å². The smallest absolute Gasteiger partial charge is 0.413 e. The highest BCUT2D eigenvalue weighted by Gasteiger charge is 2.51. The zero-order valence-corrected chi connectivity index (χ0v) is 14.5. The van der Waals surface area contributed by atoms with Crippen molar-refractivity contribution in [3.8, 4) is 0 Å². The van der Waals surface area contributed by atoms with Crippen LogP contribution in [0.25, 0.3) is 0 Å². The van der Waals surface area contributed by atoms with E-state index in [0.29, 0.717) is 12.8 Å². The first-order chi connectivity index (χ1) is 11.4. The fourth-order valence-electron chi connectivity index (χ4n) is 3.04. The van der Waals surface area contributed by atoms with Crippen molar-refractivity contribution in [3.05, 3.63) is 48.6 Å². The van der Waals surface area contributed by atoms with Gasteiger partial charge in [0.1, 0.15) is 18.4 Å². The van der Waals surface area contributed by atoms with Gasteiger partial charge in [-0.3, -0.25) is 9.69 Å². The van der Waals surface area contributed by atoms with Crippen LogP contribution in [-0.2, 0) is 20.9 Å². The molecule has 1 aliphatic heterocycles. The normalized spacial score (nSPS) is 22.2. The molecule has 0 saturated carbocycles. The topological polar surface area (TPSA) is 55.8 Å². The van der Waals surface area contributed by atoms with Crippen molar-refractivity contribution in [1.29, 1.82) is 0 Å². The number of Topliss-reactive ketones (excluding diaryl/α,β-unsaturated/α-hetero) is 1. The first-order valence-electron chi connectivity index (χ1n) is 8.18. The largest absolute Gasteiger partial charge is 0.444 e. The summed E-state index contributed by atoms with van der Waals surface area (Å²) >= 11 is 0. The quantitative estimate of drug-likeness (QED) is 0.746. The second-order valence-corrected chi connectivity index (χ2v) is 6.42. The second kappa shape index (κ2) is 7.62. The van der Waals surface area contributed by atoms with E-state index >= 15 is 0 Å². The van der Waals surface area contributed by atoms with Crippen molar-refractivity contribution >= 4 is 11.9 Å². The maximum Gasteiger partial charge on any atom is 0.413 e. The van der Waals surface area contributed by atoms with Gasteiger partial charge in [-0.05, 0) is 32.8 Å². The molecular weight excluding hydrogens is 306 g/mol. The Labute approximate surface area is 143 Å². The molecule has 0 aromatic heterocycles. The fourth-order valence-corrected chi connectivity index (χ4v) is 3.04. The van der Waals surface area contributed by atoms with Crippen LogP contribution in [0, 0.1) is 0 Å². The van der Waals surface area contributed by atoms with Crippen LogP contribution in [0.2, 0.25) is 0 Å². The number of hydrogen-bond acceptors (Lipinski definition) is 4. The molecular formula is C19H25NO4. The number of hydrogen-bond donors (Lipinski definition) is 0. The number of benzene rings is 1. The Balaban J connectivity index is 2.11. The number of ketones is 1. The average Bonchev–Trinajstić information content (AvgIpc) is 2.80. The Kier molecular flexibility index (Phi) is 5.78. The van der Waals surface area contributed by atoms with Crippen molar-refractivity contribution in [1.82, 2.24) is 4.90 Å². The zero-order valence-electron chi connectivity index (χ0n) is 14.5. The molecule has 1 fully saturated rings. The summed E-state index contributed by atoms with van der Waals surface area (Å²) in [4.78, 5) is 26.6. The number of rotatable bonds is 6. The van der Waals surface area contributed by atoms with Gasteiger partial charge in [-0.1, -0.05) is 36.4 Å². The van der Waals surface area contributed by atoms with Gasteiger partial charge < -0.3 is 9.47 Å². The molecule has 24 heavy (non-hydrogen) atoms. The molecule has 2 rings (SSSR count). The summed E-state index contributed by atoms with van der Waals surface area (Å²) in [5.74, 6) is -0.0374. The summed E-state index contributed by atoms with van der Waals surface area (Å²) in [6.45, 7) is 9.15. The van der Waals surface area contributed by atoms with Gasteiger partial charge in [0.15, 0.2) is 5.78 Å². The second-order valence-electron chi connectivity index (χ2n) is 6.42. The first-order valence-corrected chi connectivity index (χ1v) is 8.18. The van der Waals surface area contributed by atoms with Gasteiger partial charge in [0.25, 0.3) is 0 Å². The standard InChI is InChI=1S/C19H25NO4/c1-5-6-12-16(21)17-14(2)24-19(3,4)20(17)18(22)23-13-15-10-8-7-9-11-15/h5,7-11,14,17H,1,6,12-13H2,2-4H3/t14-,17+/m1/s1. The summed E-state index contributed by atoms with van der Waals surface area (Å²) in [7, 11) is 0. The molecule has 130 valence electrons. The molecule has 0 aliphatic carbocycles. The molecule has 1 heterocycles.